The summed E-state index contributed by atoms with van der Waals surface area (Å²) >= 11 is 0. The van der Waals surface area contributed by atoms with Gasteiger partial charge in [-0.25, -0.2) is 0 Å². The highest BCUT2D eigenvalue weighted by Gasteiger charge is 2.40. The minimum absolute atomic E-state index is 0. The molecule has 0 aliphatic carbocycles. The van der Waals surface area contributed by atoms with E-state index in [1.165, 1.54) is 0 Å². The van der Waals surface area contributed by atoms with Crippen molar-refractivity contribution in [2.75, 3.05) is 32.8 Å². The highest BCUT2D eigenvalue weighted by atomic mass is 127. The molecule has 140 valence electrons. The number of rotatable bonds is 4. The lowest BCUT2D eigenvalue weighted by molar-refractivity contribution is -0.145. The van der Waals surface area contributed by atoms with Crippen molar-refractivity contribution >= 4 is 35.8 Å². The van der Waals surface area contributed by atoms with Gasteiger partial charge in [-0.3, -0.25) is 9.79 Å². The highest BCUT2D eigenvalue weighted by molar-refractivity contribution is 14.0. The first-order valence-corrected chi connectivity index (χ1v) is 8.82. The van der Waals surface area contributed by atoms with Crippen molar-refractivity contribution in [2.24, 2.45) is 4.99 Å². The Labute approximate surface area is 163 Å². The lowest BCUT2D eigenvalue weighted by Crippen LogP contribution is -2.66. The molecule has 1 unspecified atom stereocenters. The van der Waals surface area contributed by atoms with E-state index in [1.807, 2.05) is 4.90 Å². The van der Waals surface area contributed by atoms with E-state index in [9.17, 15) is 4.79 Å². The van der Waals surface area contributed by atoms with Crippen molar-refractivity contribution in [3.05, 3.63) is 0 Å². The van der Waals surface area contributed by atoms with Gasteiger partial charge in [-0.05, 0) is 47.5 Å². The number of amides is 1. The molecule has 2 aliphatic rings. The zero-order valence-electron chi connectivity index (χ0n) is 15.7. The molecule has 1 atom stereocenters. The molecule has 2 heterocycles. The Morgan fingerprint density at radius 2 is 2.17 bits per heavy atom. The first-order chi connectivity index (χ1) is 10.8. The summed E-state index contributed by atoms with van der Waals surface area (Å²) in [7, 11) is 0. The molecule has 0 radical (unpaired) electrons. The number of hydrogen-bond acceptors (Lipinski definition) is 3. The molecule has 1 amide bonds. The van der Waals surface area contributed by atoms with Gasteiger partial charge in [0.2, 0.25) is 5.91 Å². The van der Waals surface area contributed by atoms with Gasteiger partial charge in [0.25, 0.3) is 0 Å². The summed E-state index contributed by atoms with van der Waals surface area (Å²) in [5.41, 5.74) is -0.205. The Bertz CT molecular complexity index is 448. The number of halogens is 1. The monoisotopic (exact) mass is 452 g/mol. The molecule has 0 aromatic carbocycles. The molecular weight excluding hydrogens is 419 g/mol. The van der Waals surface area contributed by atoms with Crippen LogP contribution in [0, 0.1) is 0 Å². The van der Waals surface area contributed by atoms with E-state index in [4.69, 9.17) is 9.73 Å². The summed E-state index contributed by atoms with van der Waals surface area (Å²) in [4.78, 5) is 21.4. The molecule has 2 aliphatic heterocycles. The highest BCUT2D eigenvalue weighted by Crippen LogP contribution is 2.24. The number of nitrogens with zero attached hydrogens (tertiary/aromatic N) is 3. The van der Waals surface area contributed by atoms with E-state index in [2.05, 4.69) is 44.8 Å². The van der Waals surface area contributed by atoms with Crippen molar-refractivity contribution < 1.29 is 9.53 Å². The molecule has 0 bridgehead atoms. The van der Waals surface area contributed by atoms with Crippen LogP contribution in [-0.4, -0.2) is 72.1 Å². The number of hydrogen-bond donors (Lipinski definition) is 1. The van der Waals surface area contributed by atoms with Crippen LogP contribution in [0.5, 0.6) is 0 Å². The van der Waals surface area contributed by atoms with E-state index < -0.39 is 0 Å². The van der Waals surface area contributed by atoms with Crippen LogP contribution >= 0.6 is 24.0 Å². The standard InChI is InChI=1S/C17H32N4O2.HI/c1-6-18-16(19-10-14-8-7-9-23-14)20-11-15(22)21(13(2)3)17(4,5)12-20;/h13-14H,6-12H2,1-5H3,(H,18,19);1H. The van der Waals surface area contributed by atoms with Gasteiger partial charge in [0.05, 0.1) is 24.7 Å². The molecule has 0 aromatic heterocycles. The third-order valence-corrected chi connectivity index (χ3v) is 4.44. The molecule has 2 fully saturated rings. The van der Waals surface area contributed by atoms with Crippen LogP contribution in [0.1, 0.15) is 47.5 Å². The second-order valence-electron chi connectivity index (χ2n) is 7.36. The summed E-state index contributed by atoms with van der Waals surface area (Å²) in [6, 6.07) is 0.214. The van der Waals surface area contributed by atoms with Crippen molar-refractivity contribution in [1.82, 2.24) is 15.1 Å². The van der Waals surface area contributed by atoms with Crippen LogP contribution in [0.15, 0.2) is 4.99 Å². The van der Waals surface area contributed by atoms with Crippen LogP contribution < -0.4 is 5.32 Å². The molecule has 0 saturated carbocycles. The second kappa shape index (κ2) is 9.22. The van der Waals surface area contributed by atoms with Crippen molar-refractivity contribution in [2.45, 2.75) is 65.1 Å². The average molecular weight is 452 g/mol. The summed E-state index contributed by atoms with van der Waals surface area (Å²) in [6.45, 7) is 13.9. The van der Waals surface area contributed by atoms with Crippen LogP contribution in [-0.2, 0) is 9.53 Å². The molecule has 6 nitrogen and oxygen atoms in total. The fraction of sp³-hybridized carbons (Fsp3) is 0.882. The summed E-state index contributed by atoms with van der Waals surface area (Å²) < 4.78 is 5.65. The molecule has 0 aromatic rings. The fourth-order valence-corrected chi connectivity index (χ4v) is 3.72. The number of aliphatic imine (C=N–C) groups is 1. The van der Waals surface area contributed by atoms with Crippen molar-refractivity contribution in [1.29, 1.82) is 0 Å². The average Bonchev–Trinajstić information content (AvgIpc) is 2.94. The largest absolute Gasteiger partial charge is 0.376 e. The van der Waals surface area contributed by atoms with Gasteiger partial charge in [-0.15, -0.1) is 24.0 Å². The topological polar surface area (TPSA) is 57.2 Å². The van der Waals surface area contributed by atoms with Crippen LogP contribution in [0.3, 0.4) is 0 Å². The molecule has 1 N–H and O–H groups in total. The number of guanidine groups is 1. The molecular formula is C17H33IN4O2. The van der Waals surface area contributed by atoms with E-state index >= 15 is 0 Å². The lowest BCUT2D eigenvalue weighted by atomic mass is 9.96. The molecule has 24 heavy (non-hydrogen) atoms. The predicted octanol–water partition coefficient (Wildman–Crippen LogP) is 2.08. The van der Waals surface area contributed by atoms with E-state index in [-0.39, 0.29) is 47.6 Å². The summed E-state index contributed by atoms with van der Waals surface area (Å²) in [5.74, 6) is 0.992. The second-order valence-corrected chi connectivity index (χ2v) is 7.36. The van der Waals surface area contributed by atoms with E-state index in [0.29, 0.717) is 13.1 Å². The van der Waals surface area contributed by atoms with Gasteiger partial charge in [0.15, 0.2) is 5.96 Å². The SMILES string of the molecule is CCNC(=NCC1CCCO1)N1CC(=O)N(C(C)C)C(C)(C)C1.I. The lowest BCUT2D eigenvalue weighted by Gasteiger charge is -2.49. The predicted molar refractivity (Wildman–Crippen MR) is 108 cm³/mol. The summed E-state index contributed by atoms with van der Waals surface area (Å²) in [6.07, 6.45) is 2.42. The number of carbonyl (C=O) groups is 1. The zero-order chi connectivity index (χ0) is 17.0. The maximum Gasteiger partial charge on any atom is 0.242 e. The third-order valence-electron chi connectivity index (χ3n) is 4.44. The van der Waals surface area contributed by atoms with Crippen molar-refractivity contribution in [3.8, 4) is 0 Å². The maximum absolute atomic E-state index is 12.6. The van der Waals surface area contributed by atoms with Gasteiger partial charge >= 0.3 is 0 Å². The Morgan fingerprint density at radius 3 is 2.67 bits per heavy atom. The molecule has 0 spiro atoms. The Morgan fingerprint density at radius 1 is 1.46 bits per heavy atom. The molecule has 7 heteroatoms. The van der Waals surface area contributed by atoms with E-state index in [1.54, 1.807) is 0 Å². The number of nitrogens with one attached hydrogen (secondary N) is 1. The number of ether oxygens (including phenoxy) is 1. The van der Waals surface area contributed by atoms with Crippen molar-refractivity contribution in [3.63, 3.8) is 0 Å². The number of carbonyl (C=O) groups excluding carboxylic acids is 1. The van der Waals surface area contributed by atoms with Gasteiger partial charge in [-0.2, -0.15) is 0 Å². The van der Waals surface area contributed by atoms with Gasteiger partial charge in [0.1, 0.15) is 0 Å². The molecule has 2 saturated heterocycles. The Hall–Kier alpha value is -0.570. The van der Waals surface area contributed by atoms with Gasteiger partial charge < -0.3 is 19.9 Å². The Kier molecular flexibility index (Phi) is 8.25. The van der Waals surface area contributed by atoms with Crippen LogP contribution in [0.25, 0.3) is 0 Å². The maximum atomic E-state index is 12.6. The normalized spacial score (nSPS) is 24.3. The quantitative estimate of drug-likeness (QED) is 0.403. The zero-order valence-corrected chi connectivity index (χ0v) is 18.0. The number of piperazine rings is 1. The summed E-state index contributed by atoms with van der Waals surface area (Å²) in [5, 5.41) is 3.33. The van der Waals surface area contributed by atoms with E-state index in [0.717, 1.165) is 38.5 Å². The fourth-order valence-electron chi connectivity index (χ4n) is 3.72. The first-order valence-electron chi connectivity index (χ1n) is 8.82. The minimum Gasteiger partial charge on any atom is -0.376 e. The Balaban J connectivity index is 0.00000288. The minimum atomic E-state index is -0.205. The smallest absolute Gasteiger partial charge is 0.242 e. The van der Waals surface area contributed by atoms with Crippen LogP contribution in [0.2, 0.25) is 0 Å². The third kappa shape index (κ3) is 5.21. The first kappa shape index (κ1) is 21.5. The van der Waals surface area contributed by atoms with Crippen LogP contribution in [0.4, 0.5) is 0 Å². The molecule has 2 rings (SSSR count). The van der Waals surface area contributed by atoms with Gasteiger partial charge in [-0.1, -0.05) is 0 Å². The van der Waals surface area contributed by atoms with Gasteiger partial charge in [0, 0.05) is 25.7 Å².